The van der Waals surface area contributed by atoms with E-state index < -0.39 is 0 Å². The van der Waals surface area contributed by atoms with Gasteiger partial charge in [-0.15, -0.1) is 0 Å². The molecular weight excluding hydrogens is 320 g/mol. The van der Waals surface area contributed by atoms with Crippen molar-refractivity contribution in [3.8, 4) is 5.75 Å². The summed E-state index contributed by atoms with van der Waals surface area (Å²) in [6, 6.07) is 5.80. The van der Waals surface area contributed by atoms with E-state index in [0.29, 0.717) is 6.04 Å². The number of hydrogen-bond donors (Lipinski definition) is 2. The first-order valence-electron chi connectivity index (χ1n) is 7.00. The van der Waals surface area contributed by atoms with E-state index in [1.54, 1.807) is 7.11 Å². The van der Waals surface area contributed by atoms with E-state index in [1.807, 2.05) is 25.1 Å². The normalized spacial score (nSPS) is 16.8. The molecule has 2 rings (SSSR count). The molecule has 1 saturated carbocycles. The highest BCUT2D eigenvalue weighted by atomic mass is 79.9. The van der Waals surface area contributed by atoms with Crippen molar-refractivity contribution in [3.63, 3.8) is 0 Å². The van der Waals surface area contributed by atoms with Crippen LogP contribution in [-0.4, -0.2) is 25.1 Å². The molecule has 1 aromatic carbocycles. The second-order valence-corrected chi connectivity index (χ2v) is 6.06. The van der Waals surface area contributed by atoms with Gasteiger partial charge in [-0.1, -0.05) is 12.8 Å². The van der Waals surface area contributed by atoms with Gasteiger partial charge in [0.1, 0.15) is 11.8 Å². The number of amides is 1. The van der Waals surface area contributed by atoms with Crippen LogP contribution >= 0.6 is 15.9 Å². The van der Waals surface area contributed by atoms with Crippen molar-refractivity contribution >= 4 is 27.5 Å². The van der Waals surface area contributed by atoms with Crippen LogP contribution in [0.2, 0.25) is 0 Å². The van der Waals surface area contributed by atoms with Gasteiger partial charge < -0.3 is 15.4 Å². The molecule has 0 radical (unpaired) electrons. The number of methoxy groups -OCH3 is 1. The summed E-state index contributed by atoms with van der Waals surface area (Å²) in [4.78, 5) is 12.1. The Hall–Kier alpha value is -1.23. The fraction of sp³-hybridized carbons (Fsp3) is 0.533. The van der Waals surface area contributed by atoms with Crippen LogP contribution in [0.3, 0.4) is 0 Å². The first-order valence-corrected chi connectivity index (χ1v) is 7.80. The lowest BCUT2D eigenvalue weighted by Gasteiger charge is -2.19. The molecule has 1 fully saturated rings. The van der Waals surface area contributed by atoms with E-state index >= 15 is 0 Å². The third-order valence-corrected chi connectivity index (χ3v) is 4.28. The third kappa shape index (κ3) is 3.88. The Morgan fingerprint density at radius 2 is 2.10 bits per heavy atom. The highest BCUT2D eigenvalue weighted by Crippen LogP contribution is 2.28. The molecule has 1 aliphatic carbocycles. The summed E-state index contributed by atoms with van der Waals surface area (Å²) >= 11 is 3.41. The topological polar surface area (TPSA) is 50.4 Å². The quantitative estimate of drug-likeness (QED) is 0.864. The number of ether oxygens (including phenoxy) is 1. The SMILES string of the molecule is COc1cc(NC(C)C(=O)NC2CCCC2)ccc1Br. The maximum Gasteiger partial charge on any atom is 0.242 e. The summed E-state index contributed by atoms with van der Waals surface area (Å²) in [5.74, 6) is 0.803. The summed E-state index contributed by atoms with van der Waals surface area (Å²) in [7, 11) is 1.63. The molecule has 0 spiro atoms. The average Bonchev–Trinajstić information content (AvgIpc) is 2.93. The van der Waals surface area contributed by atoms with Crippen molar-refractivity contribution in [2.45, 2.75) is 44.7 Å². The van der Waals surface area contributed by atoms with Crippen molar-refractivity contribution < 1.29 is 9.53 Å². The Morgan fingerprint density at radius 3 is 2.75 bits per heavy atom. The fourth-order valence-electron chi connectivity index (χ4n) is 2.46. The minimum absolute atomic E-state index is 0.0544. The standard InChI is InChI=1S/C15H21BrN2O2/c1-10(15(19)18-11-5-3-4-6-11)17-12-7-8-13(16)14(9-12)20-2/h7-11,17H,3-6H2,1-2H3,(H,18,19). The van der Waals surface area contributed by atoms with Crippen molar-refractivity contribution in [2.75, 3.05) is 12.4 Å². The second-order valence-electron chi connectivity index (χ2n) is 5.21. The van der Waals surface area contributed by atoms with Crippen LogP contribution < -0.4 is 15.4 Å². The van der Waals surface area contributed by atoms with Gasteiger partial charge in [-0.25, -0.2) is 0 Å². The molecule has 2 N–H and O–H groups in total. The van der Waals surface area contributed by atoms with Gasteiger partial charge in [0.15, 0.2) is 0 Å². The van der Waals surface area contributed by atoms with E-state index in [9.17, 15) is 4.79 Å². The number of carbonyl (C=O) groups excluding carboxylic acids is 1. The molecule has 1 aliphatic rings. The molecule has 1 unspecified atom stereocenters. The van der Waals surface area contributed by atoms with E-state index in [1.165, 1.54) is 12.8 Å². The Morgan fingerprint density at radius 1 is 1.40 bits per heavy atom. The Balaban J connectivity index is 1.92. The van der Waals surface area contributed by atoms with Crippen molar-refractivity contribution in [1.82, 2.24) is 5.32 Å². The minimum atomic E-state index is -0.263. The average molecular weight is 341 g/mol. The Bertz CT molecular complexity index is 473. The molecule has 0 aliphatic heterocycles. The maximum absolute atomic E-state index is 12.1. The third-order valence-electron chi connectivity index (χ3n) is 3.63. The molecule has 0 aromatic heterocycles. The summed E-state index contributed by atoms with van der Waals surface area (Å²) < 4.78 is 6.14. The summed E-state index contributed by atoms with van der Waals surface area (Å²) in [6.45, 7) is 1.87. The predicted octanol–water partition coefficient (Wildman–Crippen LogP) is 3.32. The number of halogens is 1. The number of rotatable bonds is 5. The van der Waals surface area contributed by atoms with E-state index in [-0.39, 0.29) is 11.9 Å². The first-order chi connectivity index (χ1) is 9.60. The van der Waals surface area contributed by atoms with Gasteiger partial charge >= 0.3 is 0 Å². The molecule has 110 valence electrons. The van der Waals surface area contributed by atoms with Crippen LogP contribution in [0, 0.1) is 0 Å². The monoisotopic (exact) mass is 340 g/mol. The highest BCUT2D eigenvalue weighted by Gasteiger charge is 2.20. The number of anilines is 1. The van der Waals surface area contributed by atoms with Crippen LogP contribution in [-0.2, 0) is 4.79 Å². The molecule has 1 amide bonds. The zero-order chi connectivity index (χ0) is 14.5. The van der Waals surface area contributed by atoms with Crippen molar-refractivity contribution in [2.24, 2.45) is 0 Å². The molecule has 4 nitrogen and oxygen atoms in total. The van der Waals surface area contributed by atoms with Crippen molar-refractivity contribution in [3.05, 3.63) is 22.7 Å². The van der Waals surface area contributed by atoms with Gasteiger partial charge in [-0.05, 0) is 47.8 Å². The van der Waals surface area contributed by atoms with Gasteiger partial charge in [0.05, 0.1) is 11.6 Å². The van der Waals surface area contributed by atoms with E-state index in [2.05, 4.69) is 26.6 Å². The number of nitrogens with one attached hydrogen (secondary N) is 2. The number of benzene rings is 1. The molecule has 20 heavy (non-hydrogen) atoms. The molecule has 0 bridgehead atoms. The van der Waals surface area contributed by atoms with Crippen molar-refractivity contribution in [1.29, 1.82) is 0 Å². The Labute approximate surface area is 128 Å². The summed E-state index contributed by atoms with van der Waals surface area (Å²) in [5.41, 5.74) is 0.874. The largest absolute Gasteiger partial charge is 0.495 e. The fourth-order valence-corrected chi connectivity index (χ4v) is 2.87. The Kier molecular flexibility index (Phi) is 5.29. The minimum Gasteiger partial charge on any atom is -0.495 e. The summed E-state index contributed by atoms with van der Waals surface area (Å²) in [5, 5.41) is 6.30. The lowest BCUT2D eigenvalue weighted by atomic mass is 10.2. The van der Waals surface area contributed by atoms with Gasteiger partial charge in [0.2, 0.25) is 5.91 Å². The first kappa shape index (κ1) is 15.2. The smallest absolute Gasteiger partial charge is 0.242 e. The van der Waals surface area contributed by atoms with Gasteiger partial charge in [0, 0.05) is 17.8 Å². The zero-order valence-electron chi connectivity index (χ0n) is 11.9. The van der Waals surface area contributed by atoms with Crippen LogP contribution in [0.25, 0.3) is 0 Å². The zero-order valence-corrected chi connectivity index (χ0v) is 13.5. The summed E-state index contributed by atoms with van der Waals surface area (Å²) in [6.07, 6.45) is 4.64. The molecular formula is C15H21BrN2O2. The van der Waals surface area contributed by atoms with E-state index in [0.717, 1.165) is 28.8 Å². The lowest BCUT2D eigenvalue weighted by Crippen LogP contribution is -2.42. The molecule has 0 saturated heterocycles. The number of carbonyl (C=O) groups is 1. The molecule has 0 heterocycles. The van der Waals surface area contributed by atoms with Gasteiger partial charge in [-0.3, -0.25) is 4.79 Å². The van der Waals surface area contributed by atoms with Gasteiger partial charge in [-0.2, -0.15) is 0 Å². The number of hydrogen-bond acceptors (Lipinski definition) is 3. The lowest BCUT2D eigenvalue weighted by molar-refractivity contribution is -0.122. The van der Waals surface area contributed by atoms with E-state index in [4.69, 9.17) is 4.74 Å². The van der Waals surface area contributed by atoms with Crippen LogP contribution in [0.15, 0.2) is 22.7 Å². The van der Waals surface area contributed by atoms with Crippen LogP contribution in [0.1, 0.15) is 32.6 Å². The van der Waals surface area contributed by atoms with Crippen LogP contribution in [0.5, 0.6) is 5.75 Å². The van der Waals surface area contributed by atoms with Crippen LogP contribution in [0.4, 0.5) is 5.69 Å². The van der Waals surface area contributed by atoms with Gasteiger partial charge in [0.25, 0.3) is 0 Å². The predicted molar refractivity (Wildman–Crippen MR) is 84.2 cm³/mol. The molecule has 1 aromatic rings. The maximum atomic E-state index is 12.1. The molecule has 5 heteroatoms. The second kappa shape index (κ2) is 6.97. The highest BCUT2D eigenvalue weighted by molar-refractivity contribution is 9.10. The molecule has 1 atom stereocenters.